The molecule has 0 amide bonds. The number of carbonyl (C=O) groups is 1. The molecule has 3 N–H and O–H groups in total. The second kappa shape index (κ2) is 2.78. The van der Waals surface area contributed by atoms with Crippen molar-refractivity contribution in [3.63, 3.8) is 0 Å². The quantitative estimate of drug-likeness (QED) is 0.668. The van der Waals surface area contributed by atoms with Gasteiger partial charge < -0.3 is 10.8 Å². The zero-order chi connectivity index (χ0) is 8.72. The fourth-order valence-corrected chi connectivity index (χ4v) is 2.86. The van der Waals surface area contributed by atoms with Gasteiger partial charge in [-0.25, -0.2) is 4.79 Å². The Kier molecular flexibility index (Phi) is 1.88. The van der Waals surface area contributed by atoms with E-state index in [1.807, 2.05) is 0 Å². The van der Waals surface area contributed by atoms with Crippen LogP contribution in [0.1, 0.15) is 12.8 Å². The molecule has 1 saturated carbocycles. The van der Waals surface area contributed by atoms with Gasteiger partial charge in [-0.3, -0.25) is 0 Å². The first-order valence-electron chi connectivity index (χ1n) is 4.02. The van der Waals surface area contributed by atoms with Gasteiger partial charge in [0.1, 0.15) is 0 Å². The van der Waals surface area contributed by atoms with E-state index >= 15 is 0 Å². The lowest BCUT2D eigenvalue weighted by molar-refractivity contribution is -0.132. The van der Waals surface area contributed by atoms with Crippen LogP contribution in [-0.4, -0.2) is 22.4 Å². The molecule has 3 nitrogen and oxygen atoms in total. The number of aliphatic carboxylic acids is 1. The fourth-order valence-electron chi connectivity index (χ4n) is 1.54. The Morgan fingerprint density at radius 3 is 2.83 bits per heavy atom. The van der Waals surface area contributed by atoms with E-state index in [1.165, 1.54) is 0 Å². The molecule has 0 bridgehead atoms. The van der Waals surface area contributed by atoms with Gasteiger partial charge in [-0.2, -0.15) is 0 Å². The van der Waals surface area contributed by atoms with E-state index < -0.39 is 5.97 Å². The van der Waals surface area contributed by atoms with E-state index in [0.29, 0.717) is 29.2 Å². The minimum absolute atomic E-state index is 0.323. The summed E-state index contributed by atoms with van der Waals surface area (Å²) in [7, 11) is 0. The molecular weight excluding hydrogens is 174 g/mol. The van der Waals surface area contributed by atoms with E-state index in [9.17, 15) is 4.79 Å². The summed E-state index contributed by atoms with van der Waals surface area (Å²) in [6.07, 6.45) is 1.76. The molecule has 0 saturated heterocycles. The number of rotatable bonds is 2. The third-order valence-corrected chi connectivity index (χ3v) is 3.74. The van der Waals surface area contributed by atoms with Crippen molar-refractivity contribution in [1.82, 2.24) is 0 Å². The smallest absolute Gasteiger partial charge is 0.332 e. The summed E-state index contributed by atoms with van der Waals surface area (Å²) in [5, 5.41) is 10.9. The Morgan fingerprint density at radius 1 is 1.75 bits per heavy atom. The van der Waals surface area contributed by atoms with Crippen molar-refractivity contribution < 1.29 is 9.90 Å². The van der Waals surface area contributed by atoms with Crippen molar-refractivity contribution in [3.05, 3.63) is 11.0 Å². The first-order valence-corrected chi connectivity index (χ1v) is 4.96. The highest BCUT2D eigenvalue weighted by atomic mass is 32.2. The van der Waals surface area contributed by atoms with Crippen LogP contribution in [-0.2, 0) is 4.79 Å². The summed E-state index contributed by atoms with van der Waals surface area (Å²) < 4.78 is 0. The summed E-state index contributed by atoms with van der Waals surface area (Å²) in [4.78, 5) is 10.6. The molecule has 1 heterocycles. The van der Waals surface area contributed by atoms with Gasteiger partial charge in [0.2, 0.25) is 0 Å². The molecule has 12 heavy (non-hydrogen) atoms. The van der Waals surface area contributed by atoms with Gasteiger partial charge in [0.15, 0.2) is 0 Å². The van der Waals surface area contributed by atoms with Gasteiger partial charge >= 0.3 is 5.97 Å². The van der Waals surface area contributed by atoms with Gasteiger partial charge in [-0.15, -0.1) is 11.8 Å². The fraction of sp³-hybridized carbons (Fsp3) is 0.625. The van der Waals surface area contributed by atoms with Crippen LogP contribution in [0.2, 0.25) is 0 Å². The highest BCUT2D eigenvalue weighted by Gasteiger charge is 2.42. The molecule has 1 fully saturated rings. The Morgan fingerprint density at radius 2 is 2.42 bits per heavy atom. The monoisotopic (exact) mass is 185 g/mol. The molecule has 2 aliphatic rings. The Labute approximate surface area is 75.0 Å². The zero-order valence-corrected chi connectivity index (χ0v) is 7.38. The first kappa shape index (κ1) is 8.13. The van der Waals surface area contributed by atoms with Crippen molar-refractivity contribution in [1.29, 1.82) is 0 Å². The summed E-state index contributed by atoms with van der Waals surface area (Å²) in [6.45, 7) is 0. The summed E-state index contributed by atoms with van der Waals surface area (Å²) >= 11 is 1.63. The molecule has 0 spiro atoms. The van der Waals surface area contributed by atoms with E-state index in [1.54, 1.807) is 17.2 Å². The molecule has 0 aromatic carbocycles. The van der Waals surface area contributed by atoms with Crippen molar-refractivity contribution in [2.75, 3.05) is 0 Å². The van der Waals surface area contributed by atoms with Crippen LogP contribution in [0.25, 0.3) is 0 Å². The number of thioether (sulfide) groups is 1. The summed E-state index contributed by atoms with van der Waals surface area (Å²) in [5.74, 6) is -0.220. The molecule has 3 atom stereocenters. The van der Waals surface area contributed by atoms with E-state index in [-0.39, 0.29) is 0 Å². The van der Waals surface area contributed by atoms with Gasteiger partial charge in [0.25, 0.3) is 0 Å². The van der Waals surface area contributed by atoms with Crippen LogP contribution in [0.15, 0.2) is 11.0 Å². The average molecular weight is 185 g/mol. The standard InChI is InChI=1S/C8H11NO2S/c9-6-2-5(6)7-1-4(3-12-7)8(10)11/h3,5-7H,1-2,9H2,(H,10,11). The van der Waals surface area contributed by atoms with Gasteiger partial charge in [-0.05, 0) is 24.2 Å². The Hall–Kier alpha value is -0.480. The van der Waals surface area contributed by atoms with Gasteiger partial charge in [-0.1, -0.05) is 0 Å². The molecule has 1 aliphatic heterocycles. The minimum atomic E-state index is -0.778. The van der Waals surface area contributed by atoms with Crippen LogP contribution in [0.3, 0.4) is 0 Å². The van der Waals surface area contributed by atoms with Crippen LogP contribution in [0.4, 0.5) is 0 Å². The van der Waals surface area contributed by atoms with Crippen molar-refractivity contribution in [2.24, 2.45) is 11.7 Å². The Bertz CT molecular complexity index is 251. The number of nitrogens with two attached hydrogens (primary N) is 1. The van der Waals surface area contributed by atoms with Crippen LogP contribution in [0.5, 0.6) is 0 Å². The third-order valence-electron chi connectivity index (χ3n) is 2.45. The second-order valence-corrected chi connectivity index (χ2v) is 4.50. The van der Waals surface area contributed by atoms with Crippen molar-refractivity contribution >= 4 is 17.7 Å². The lowest BCUT2D eigenvalue weighted by atomic mass is 10.1. The molecular formula is C8H11NO2S. The van der Waals surface area contributed by atoms with Crippen LogP contribution in [0, 0.1) is 5.92 Å². The third kappa shape index (κ3) is 1.36. The van der Waals surface area contributed by atoms with Crippen LogP contribution >= 0.6 is 11.8 Å². The first-order chi connectivity index (χ1) is 5.68. The second-order valence-electron chi connectivity index (χ2n) is 3.39. The maximum absolute atomic E-state index is 10.6. The molecule has 0 aromatic rings. The molecule has 66 valence electrons. The lowest BCUT2D eigenvalue weighted by Gasteiger charge is -2.05. The van der Waals surface area contributed by atoms with Gasteiger partial charge in [0.05, 0.1) is 0 Å². The molecule has 2 rings (SSSR count). The maximum atomic E-state index is 10.6. The highest BCUT2D eigenvalue weighted by molar-refractivity contribution is 8.03. The normalized spacial score (nSPS) is 39.4. The Balaban J connectivity index is 1.91. The summed E-state index contributed by atoms with van der Waals surface area (Å²) in [6, 6.07) is 0.323. The van der Waals surface area contributed by atoms with E-state index in [4.69, 9.17) is 10.8 Å². The van der Waals surface area contributed by atoms with E-state index in [2.05, 4.69) is 0 Å². The van der Waals surface area contributed by atoms with E-state index in [0.717, 1.165) is 6.42 Å². The topological polar surface area (TPSA) is 63.3 Å². The predicted octanol–water partition coefficient (Wildman–Crippen LogP) is 0.808. The van der Waals surface area contributed by atoms with Crippen molar-refractivity contribution in [3.8, 4) is 0 Å². The van der Waals surface area contributed by atoms with Crippen molar-refractivity contribution in [2.45, 2.75) is 24.1 Å². The zero-order valence-electron chi connectivity index (χ0n) is 6.56. The SMILES string of the molecule is NC1CC1C1CC(C(=O)O)=CS1. The average Bonchev–Trinajstić information content (AvgIpc) is 2.59. The molecule has 3 unspecified atom stereocenters. The highest BCUT2D eigenvalue weighted by Crippen LogP contribution is 2.45. The number of carboxylic acids is 1. The maximum Gasteiger partial charge on any atom is 0.332 e. The predicted molar refractivity (Wildman–Crippen MR) is 47.8 cm³/mol. The molecule has 1 aliphatic carbocycles. The lowest BCUT2D eigenvalue weighted by Crippen LogP contribution is -2.12. The van der Waals surface area contributed by atoms with Crippen LogP contribution < -0.4 is 5.73 Å². The molecule has 4 heteroatoms. The molecule has 0 radical (unpaired) electrons. The number of hydrogen-bond donors (Lipinski definition) is 2. The minimum Gasteiger partial charge on any atom is -0.478 e. The summed E-state index contributed by atoms with van der Waals surface area (Å²) in [5.41, 5.74) is 6.23. The van der Waals surface area contributed by atoms with Gasteiger partial charge in [0, 0.05) is 16.9 Å². The number of carboxylic acid groups (broad SMARTS) is 1. The molecule has 0 aromatic heterocycles. The largest absolute Gasteiger partial charge is 0.478 e. The number of hydrogen-bond acceptors (Lipinski definition) is 3.